The Labute approximate surface area is 149 Å². The van der Waals surface area contributed by atoms with Gasteiger partial charge in [0.05, 0.1) is 13.7 Å². The van der Waals surface area contributed by atoms with Crippen LogP contribution < -0.4 is 4.74 Å². The minimum absolute atomic E-state index is 0.225. The van der Waals surface area contributed by atoms with Crippen molar-refractivity contribution in [3.05, 3.63) is 22.8 Å². The third-order valence-electron chi connectivity index (χ3n) is 3.35. The number of aromatic nitrogens is 1. The maximum atomic E-state index is 12.4. The highest BCUT2D eigenvalue weighted by Crippen LogP contribution is 2.26. The largest absolute Gasteiger partial charge is 0.472 e. The summed E-state index contributed by atoms with van der Waals surface area (Å²) in [6, 6.07) is 2.77. The Hall–Kier alpha value is -1.83. The molecule has 0 bridgehead atoms. The van der Waals surface area contributed by atoms with Crippen molar-refractivity contribution in [3.63, 3.8) is 0 Å². The number of nitrogens with zero attached hydrogens (tertiary/aromatic N) is 2. The number of hydrogen-bond donors (Lipinski definition) is 0. The maximum absolute atomic E-state index is 12.4. The van der Waals surface area contributed by atoms with Gasteiger partial charge in [-0.05, 0) is 26.8 Å². The van der Waals surface area contributed by atoms with E-state index < -0.39 is 23.7 Å². The molecule has 0 radical (unpaired) electrons. The van der Waals surface area contributed by atoms with E-state index in [0.717, 1.165) is 4.47 Å². The molecule has 1 fully saturated rings. The summed E-state index contributed by atoms with van der Waals surface area (Å²) in [5, 5.41) is 0. The van der Waals surface area contributed by atoms with Gasteiger partial charge in [0.15, 0.2) is 0 Å². The van der Waals surface area contributed by atoms with E-state index in [1.807, 2.05) is 0 Å². The lowest BCUT2D eigenvalue weighted by molar-refractivity contribution is -0.145. The quantitative estimate of drug-likeness (QED) is 0.725. The van der Waals surface area contributed by atoms with E-state index in [1.54, 1.807) is 39.1 Å². The van der Waals surface area contributed by atoms with E-state index in [-0.39, 0.29) is 12.6 Å². The van der Waals surface area contributed by atoms with Crippen LogP contribution in [0.3, 0.4) is 0 Å². The molecule has 0 aliphatic carbocycles. The Kier molecular flexibility index (Phi) is 5.69. The second kappa shape index (κ2) is 7.38. The maximum Gasteiger partial charge on any atom is 0.411 e. The number of carbonyl (C=O) groups is 2. The Bertz CT molecular complexity index is 617. The smallest absolute Gasteiger partial charge is 0.411 e. The van der Waals surface area contributed by atoms with E-state index in [2.05, 4.69) is 20.9 Å². The first-order valence-corrected chi connectivity index (χ1v) is 8.34. The molecule has 7 nitrogen and oxygen atoms in total. The number of amides is 1. The predicted molar refractivity (Wildman–Crippen MR) is 89.7 cm³/mol. The Morgan fingerprint density at radius 1 is 1.38 bits per heavy atom. The van der Waals surface area contributed by atoms with Crippen LogP contribution in [0, 0.1) is 0 Å². The Balaban J connectivity index is 2.11. The second-order valence-corrected chi connectivity index (χ2v) is 7.38. The summed E-state index contributed by atoms with van der Waals surface area (Å²) in [5.41, 5.74) is -0.650. The third kappa shape index (κ3) is 4.83. The van der Waals surface area contributed by atoms with Gasteiger partial charge < -0.3 is 14.2 Å². The van der Waals surface area contributed by atoms with E-state index in [4.69, 9.17) is 14.2 Å². The minimum atomic E-state index is -0.734. The topological polar surface area (TPSA) is 78.0 Å². The van der Waals surface area contributed by atoms with Gasteiger partial charge in [0.2, 0.25) is 5.88 Å². The first kappa shape index (κ1) is 18.5. The van der Waals surface area contributed by atoms with Crippen molar-refractivity contribution >= 4 is 28.0 Å². The van der Waals surface area contributed by atoms with Gasteiger partial charge >= 0.3 is 12.1 Å². The molecule has 24 heavy (non-hydrogen) atoms. The standard InChI is InChI=1S/C16H21BrN2O5/c1-16(2,3)24-15(21)19-9-11(8-12(19)14(20)22-4)23-13-7-10(17)5-6-18-13/h5-7,11-12H,8-9H2,1-4H3/t11-,12-/m0/s1. The highest BCUT2D eigenvalue weighted by molar-refractivity contribution is 9.10. The lowest BCUT2D eigenvalue weighted by Gasteiger charge is -2.27. The Morgan fingerprint density at radius 3 is 2.67 bits per heavy atom. The molecule has 1 aromatic heterocycles. The Morgan fingerprint density at radius 2 is 2.08 bits per heavy atom. The van der Waals surface area contributed by atoms with Crippen LogP contribution in [0.15, 0.2) is 22.8 Å². The normalized spacial score (nSPS) is 20.6. The van der Waals surface area contributed by atoms with E-state index in [0.29, 0.717) is 12.3 Å². The monoisotopic (exact) mass is 400 g/mol. The van der Waals surface area contributed by atoms with Crippen molar-refractivity contribution in [3.8, 4) is 5.88 Å². The molecule has 0 N–H and O–H groups in total. The zero-order valence-corrected chi connectivity index (χ0v) is 15.7. The molecular weight excluding hydrogens is 380 g/mol. The van der Waals surface area contributed by atoms with Crippen LogP contribution in [0.2, 0.25) is 0 Å². The summed E-state index contributed by atoms with van der Waals surface area (Å²) < 4.78 is 16.8. The molecule has 2 atom stereocenters. The molecule has 1 saturated heterocycles. The molecule has 2 rings (SSSR count). The summed E-state index contributed by atoms with van der Waals surface area (Å²) in [5.74, 6) is -0.0711. The summed E-state index contributed by atoms with van der Waals surface area (Å²) >= 11 is 3.35. The molecular formula is C16H21BrN2O5. The van der Waals surface area contributed by atoms with Crippen LogP contribution >= 0.6 is 15.9 Å². The third-order valence-corrected chi connectivity index (χ3v) is 3.84. The van der Waals surface area contributed by atoms with E-state index in [9.17, 15) is 9.59 Å². The van der Waals surface area contributed by atoms with Crippen molar-refractivity contribution in [2.45, 2.75) is 44.9 Å². The number of rotatable bonds is 3. The molecule has 0 saturated carbocycles. The first-order chi connectivity index (χ1) is 11.2. The van der Waals surface area contributed by atoms with Gasteiger partial charge in [0, 0.05) is 23.2 Å². The highest BCUT2D eigenvalue weighted by atomic mass is 79.9. The number of methoxy groups -OCH3 is 1. The van der Waals surface area contributed by atoms with Crippen LogP contribution in [-0.2, 0) is 14.3 Å². The number of likely N-dealkylation sites (tertiary alicyclic amines) is 1. The van der Waals surface area contributed by atoms with Gasteiger partial charge in [0.1, 0.15) is 17.7 Å². The summed E-state index contributed by atoms with van der Waals surface area (Å²) in [6.45, 7) is 5.54. The number of hydrogen-bond acceptors (Lipinski definition) is 6. The SMILES string of the molecule is COC(=O)[C@@H]1C[C@H](Oc2cc(Br)ccn2)CN1C(=O)OC(C)(C)C. The van der Waals surface area contributed by atoms with Gasteiger partial charge in [-0.3, -0.25) is 4.90 Å². The fraction of sp³-hybridized carbons (Fsp3) is 0.562. The van der Waals surface area contributed by atoms with Crippen LogP contribution in [0.25, 0.3) is 0 Å². The zero-order valence-electron chi connectivity index (χ0n) is 14.1. The van der Waals surface area contributed by atoms with Crippen LogP contribution in [0.5, 0.6) is 5.88 Å². The van der Waals surface area contributed by atoms with Crippen molar-refractivity contribution < 1.29 is 23.8 Å². The van der Waals surface area contributed by atoms with Crippen molar-refractivity contribution in [1.82, 2.24) is 9.88 Å². The van der Waals surface area contributed by atoms with E-state index in [1.165, 1.54) is 12.0 Å². The summed E-state index contributed by atoms with van der Waals surface area (Å²) in [4.78, 5) is 29.8. The average Bonchev–Trinajstić information content (AvgIpc) is 2.88. The van der Waals surface area contributed by atoms with Gasteiger partial charge in [-0.1, -0.05) is 15.9 Å². The predicted octanol–water partition coefficient (Wildman–Crippen LogP) is 2.77. The number of carbonyl (C=O) groups excluding carboxylic acids is 2. The lowest BCUT2D eigenvalue weighted by Crippen LogP contribution is -2.44. The number of esters is 1. The molecule has 1 aromatic rings. The lowest BCUT2D eigenvalue weighted by atomic mass is 10.2. The summed E-state index contributed by atoms with van der Waals surface area (Å²) in [7, 11) is 1.29. The molecule has 1 amide bonds. The van der Waals surface area contributed by atoms with Gasteiger partial charge in [-0.15, -0.1) is 0 Å². The second-order valence-electron chi connectivity index (χ2n) is 6.46. The van der Waals surface area contributed by atoms with Gasteiger partial charge in [-0.25, -0.2) is 14.6 Å². The fourth-order valence-electron chi connectivity index (χ4n) is 2.39. The highest BCUT2D eigenvalue weighted by Gasteiger charge is 2.43. The van der Waals surface area contributed by atoms with Gasteiger partial charge in [0.25, 0.3) is 0 Å². The van der Waals surface area contributed by atoms with Crippen LogP contribution in [0.1, 0.15) is 27.2 Å². The minimum Gasteiger partial charge on any atom is -0.472 e. The fourth-order valence-corrected chi connectivity index (χ4v) is 2.70. The molecule has 1 aliphatic rings. The molecule has 8 heteroatoms. The van der Waals surface area contributed by atoms with Crippen molar-refractivity contribution in [2.24, 2.45) is 0 Å². The molecule has 0 aromatic carbocycles. The molecule has 0 unspecified atom stereocenters. The van der Waals surface area contributed by atoms with Crippen molar-refractivity contribution in [2.75, 3.05) is 13.7 Å². The first-order valence-electron chi connectivity index (χ1n) is 7.55. The van der Waals surface area contributed by atoms with Gasteiger partial charge in [-0.2, -0.15) is 0 Å². The average molecular weight is 401 g/mol. The zero-order chi connectivity index (χ0) is 17.9. The number of ether oxygens (including phenoxy) is 3. The van der Waals surface area contributed by atoms with Crippen molar-refractivity contribution in [1.29, 1.82) is 0 Å². The molecule has 132 valence electrons. The number of pyridine rings is 1. The van der Waals surface area contributed by atoms with E-state index >= 15 is 0 Å². The summed E-state index contributed by atoms with van der Waals surface area (Å²) in [6.07, 6.45) is 0.993. The van der Waals surface area contributed by atoms with Crippen LogP contribution in [-0.4, -0.2) is 53.3 Å². The van der Waals surface area contributed by atoms with Crippen LogP contribution in [0.4, 0.5) is 4.79 Å². The number of halogens is 1. The molecule has 1 aliphatic heterocycles. The molecule has 0 spiro atoms. The molecule has 2 heterocycles.